The summed E-state index contributed by atoms with van der Waals surface area (Å²) in [6.07, 6.45) is 0. The summed E-state index contributed by atoms with van der Waals surface area (Å²) in [7, 11) is 0. The van der Waals surface area contributed by atoms with Crippen molar-refractivity contribution in [1.29, 1.82) is 0 Å². The number of hydrogen-bond donors (Lipinski definition) is 0. The molecule has 0 fully saturated rings. The summed E-state index contributed by atoms with van der Waals surface area (Å²) in [6, 6.07) is 3.60. The molecule has 0 aliphatic carbocycles. The molecule has 0 aliphatic rings. The van der Waals surface area contributed by atoms with Gasteiger partial charge in [-0.05, 0) is 29.8 Å². The lowest BCUT2D eigenvalue weighted by molar-refractivity contribution is -0.162. The molecule has 0 aliphatic heterocycles. The Balaban J connectivity index is 2.68. The predicted molar refractivity (Wildman–Crippen MR) is 54.7 cm³/mol. The third-order valence-electron chi connectivity index (χ3n) is 1.60. The van der Waals surface area contributed by atoms with Crippen LogP contribution in [0.15, 0.2) is 22.7 Å². The Morgan fingerprint density at radius 3 is 2.69 bits per heavy atom. The van der Waals surface area contributed by atoms with Crippen molar-refractivity contribution in [1.82, 2.24) is 0 Å². The fourth-order valence-corrected chi connectivity index (χ4v) is 1.29. The third-order valence-corrected chi connectivity index (χ3v) is 2.53. The molecule has 7 heteroatoms. The Kier molecular flexibility index (Phi) is 4.21. The van der Waals surface area contributed by atoms with Crippen LogP contribution in [0.4, 0.5) is 13.2 Å². The van der Waals surface area contributed by atoms with Gasteiger partial charge < -0.3 is 4.74 Å². The van der Waals surface area contributed by atoms with Gasteiger partial charge in [0.25, 0.3) is 0 Å². The number of benzene rings is 1. The lowest BCUT2D eigenvalue weighted by atomic mass is 10.2. The van der Waals surface area contributed by atoms with Crippen LogP contribution in [0.2, 0.25) is 0 Å². The molecule has 2 nitrogen and oxygen atoms in total. The molecule has 1 aromatic rings. The van der Waals surface area contributed by atoms with Gasteiger partial charge in [-0.1, -0.05) is 15.9 Å². The van der Waals surface area contributed by atoms with Crippen molar-refractivity contribution in [2.75, 3.05) is 0 Å². The van der Waals surface area contributed by atoms with Crippen molar-refractivity contribution >= 4 is 33.5 Å². The van der Waals surface area contributed by atoms with Crippen molar-refractivity contribution in [3.63, 3.8) is 0 Å². The molecule has 0 spiro atoms. The molecule has 0 saturated heterocycles. The highest BCUT2D eigenvalue weighted by Crippen LogP contribution is 2.23. The van der Waals surface area contributed by atoms with Crippen LogP contribution in [-0.4, -0.2) is 11.4 Å². The number of rotatable bonds is 3. The van der Waals surface area contributed by atoms with E-state index in [0.717, 1.165) is 6.07 Å². The number of carbonyl (C=O) groups excluding carboxylic acids is 1. The monoisotopic (exact) mass is 316 g/mol. The summed E-state index contributed by atoms with van der Waals surface area (Å²) < 4.78 is 41.8. The highest BCUT2D eigenvalue weighted by atomic mass is 79.9. The first-order chi connectivity index (χ1) is 7.30. The maximum absolute atomic E-state index is 12.8. The fraction of sp³-hybridized carbons (Fsp3) is 0.222. The average Bonchev–Trinajstić information content (AvgIpc) is 2.17. The second-order valence-corrected chi connectivity index (χ2v) is 4.14. The van der Waals surface area contributed by atoms with Crippen LogP contribution in [0.1, 0.15) is 5.56 Å². The largest absolute Gasteiger partial charge is 0.455 e. The van der Waals surface area contributed by atoms with E-state index in [9.17, 15) is 18.0 Å². The molecular weight excluding hydrogens is 312 g/mol. The van der Waals surface area contributed by atoms with Crippen LogP contribution < -0.4 is 0 Å². The Morgan fingerprint density at radius 2 is 2.12 bits per heavy atom. The highest BCUT2D eigenvalue weighted by Gasteiger charge is 2.37. The molecule has 0 aromatic heterocycles. The maximum Gasteiger partial charge on any atom is 0.417 e. The first kappa shape index (κ1) is 13.3. The van der Waals surface area contributed by atoms with Gasteiger partial charge in [0.05, 0.1) is 0 Å². The molecule has 88 valence electrons. The standard InChI is InChI=1S/C9H5BrClF3O2/c10-7-2-1-6(12)3-5(7)4-16-8(15)9(11,13)14/h1-3H,4H2. The Labute approximate surface area is 102 Å². The first-order valence-electron chi connectivity index (χ1n) is 3.98. The number of hydrogen-bond acceptors (Lipinski definition) is 2. The molecule has 16 heavy (non-hydrogen) atoms. The molecule has 0 unspecified atom stereocenters. The lowest BCUT2D eigenvalue weighted by Gasteiger charge is -2.09. The zero-order valence-electron chi connectivity index (χ0n) is 7.65. The molecule has 0 bridgehead atoms. The average molecular weight is 317 g/mol. The van der Waals surface area contributed by atoms with Gasteiger partial charge in [0.2, 0.25) is 0 Å². The summed E-state index contributed by atoms with van der Waals surface area (Å²) in [5, 5.41) is -4.07. The second-order valence-electron chi connectivity index (χ2n) is 2.81. The van der Waals surface area contributed by atoms with Crippen molar-refractivity contribution in [2.24, 2.45) is 0 Å². The van der Waals surface area contributed by atoms with E-state index in [0.29, 0.717) is 4.47 Å². The number of alkyl halides is 3. The van der Waals surface area contributed by atoms with Crippen LogP contribution in [0.5, 0.6) is 0 Å². The molecule has 0 N–H and O–H groups in total. The number of halogens is 5. The van der Waals surface area contributed by atoms with Gasteiger partial charge in [-0.3, -0.25) is 0 Å². The van der Waals surface area contributed by atoms with Crippen LogP contribution in [0.25, 0.3) is 0 Å². The SMILES string of the molecule is O=C(OCc1cc(F)ccc1Br)C(F)(F)Cl. The zero-order valence-corrected chi connectivity index (χ0v) is 9.99. The Morgan fingerprint density at radius 1 is 1.50 bits per heavy atom. The van der Waals surface area contributed by atoms with E-state index >= 15 is 0 Å². The summed E-state index contributed by atoms with van der Waals surface area (Å²) in [6.45, 7) is -0.487. The van der Waals surface area contributed by atoms with E-state index in [1.807, 2.05) is 0 Å². The minimum atomic E-state index is -4.07. The summed E-state index contributed by atoms with van der Waals surface area (Å²) >= 11 is 7.48. The minimum Gasteiger partial charge on any atom is -0.455 e. The molecule has 0 amide bonds. The number of esters is 1. The van der Waals surface area contributed by atoms with Gasteiger partial charge in [0, 0.05) is 10.0 Å². The smallest absolute Gasteiger partial charge is 0.417 e. The normalized spacial score (nSPS) is 11.3. The molecule has 1 rings (SSSR count). The minimum absolute atomic E-state index is 0.231. The van der Waals surface area contributed by atoms with Crippen molar-refractivity contribution < 1.29 is 22.7 Å². The van der Waals surface area contributed by atoms with Gasteiger partial charge in [-0.25, -0.2) is 9.18 Å². The van der Waals surface area contributed by atoms with E-state index in [1.165, 1.54) is 12.1 Å². The molecule has 0 atom stereocenters. The Bertz CT molecular complexity index is 406. The quantitative estimate of drug-likeness (QED) is 0.630. The molecular formula is C9H5BrClF3O2. The predicted octanol–water partition coefficient (Wildman–Crippen LogP) is 3.46. The molecule has 0 saturated carbocycles. The summed E-state index contributed by atoms with van der Waals surface area (Å²) in [5.41, 5.74) is 0.231. The van der Waals surface area contributed by atoms with E-state index in [-0.39, 0.29) is 5.56 Å². The van der Waals surface area contributed by atoms with Gasteiger partial charge in [0.1, 0.15) is 12.4 Å². The lowest BCUT2D eigenvalue weighted by Crippen LogP contribution is -2.24. The van der Waals surface area contributed by atoms with E-state index in [2.05, 4.69) is 32.3 Å². The van der Waals surface area contributed by atoms with E-state index in [1.54, 1.807) is 0 Å². The van der Waals surface area contributed by atoms with Crippen molar-refractivity contribution in [3.05, 3.63) is 34.1 Å². The van der Waals surface area contributed by atoms with E-state index in [4.69, 9.17) is 0 Å². The summed E-state index contributed by atoms with van der Waals surface area (Å²) in [5.74, 6) is -2.43. The topological polar surface area (TPSA) is 26.3 Å². The van der Waals surface area contributed by atoms with Gasteiger partial charge in [-0.2, -0.15) is 8.78 Å². The van der Waals surface area contributed by atoms with Gasteiger partial charge in [0.15, 0.2) is 0 Å². The maximum atomic E-state index is 12.8. The van der Waals surface area contributed by atoms with Crippen LogP contribution in [0, 0.1) is 5.82 Å². The fourth-order valence-electron chi connectivity index (χ4n) is 0.879. The first-order valence-corrected chi connectivity index (χ1v) is 5.15. The van der Waals surface area contributed by atoms with Crippen molar-refractivity contribution in [2.45, 2.75) is 12.0 Å². The van der Waals surface area contributed by atoms with E-state index < -0.39 is 23.8 Å². The van der Waals surface area contributed by atoms with Crippen LogP contribution in [0.3, 0.4) is 0 Å². The second kappa shape index (κ2) is 5.05. The third kappa shape index (κ3) is 3.68. The number of ether oxygens (including phenoxy) is 1. The zero-order chi connectivity index (χ0) is 12.3. The molecule has 0 heterocycles. The number of carbonyl (C=O) groups is 1. The molecule has 1 aromatic carbocycles. The van der Waals surface area contributed by atoms with Gasteiger partial charge >= 0.3 is 11.4 Å². The van der Waals surface area contributed by atoms with Crippen LogP contribution in [-0.2, 0) is 16.1 Å². The van der Waals surface area contributed by atoms with Gasteiger partial charge in [-0.15, -0.1) is 0 Å². The van der Waals surface area contributed by atoms with Crippen LogP contribution >= 0.6 is 27.5 Å². The highest BCUT2D eigenvalue weighted by molar-refractivity contribution is 9.10. The van der Waals surface area contributed by atoms with Crippen molar-refractivity contribution in [3.8, 4) is 0 Å². The molecule has 0 radical (unpaired) electrons. The Hall–Kier alpha value is -0.750. The summed E-state index contributed by atoms with van der Waals surface area (Å²) in [4.78, 5) is 10.6.